The lowest BCUT2D eigenvalue weighted by molar-refractivity contribution is 0.474. The van der Waals surface area contributed by atoms with Crippen LogP contribution in [0.2, 0.25) is 0 Å². The maximum Gasteiger partial charge on any atom is 0.231 e. The average Bonchev–Trinajstić information content (AvgIpc) is 2.96. The fourth-order valence-electron chi connectivity index (χ4n) is 1.69. The van der Waals surface area contributed by atoms with Crippen LogP contribution in [0.4, 0.5) is 5.13 Å². The summed E-state index contributed by atoms with van der Waals surface area (Å²) in [4.78, 5) is 4.24. The van der Waals surface area contributed by atoms with Gasteiger partial charge >= 0.3 is 0 Å². The fraction of sp³-hybridized carbons (Fsp3) is 0. The number of hydrogen-bond acceptors (Lipinski definition) is 5. The second kappa shape index (κ2) is 5.63. The van der Waals surface area contributed by atoms with Gasteiger partial charge in [-0.25, -0.2) is 4.99 Å². The van der Waals surface area contributed by atoms with Crippen molar-refractivity contribution in [3.8, 4) is 16.3 Å². The van der Waals surface area contributed by atoms with E-state index in [2.05, 4.69) is 15.2 Å². The van der Waals surface area contributed by atoms with E-state index >= 15 is 0 Å². The molecule has 4 nitrogen and oxygen atoms in total. The van der Waals surface area contributed by atoms with Crippen molar-refractivity contribution in [1.29, 1.82) is 0 Å². The normalized spacial score (nSPS) is 11.0. The lowest BCUT2D eigenvalue weighted by Gasteiger charge is -1.95. The Labute approximate surface area is 120 Å². The zero-order chi connectivity index (χ0) is 13.8. The second-order valence-corrected chi connectivity index (χ2v) is 5.03. The van der Waals surface area contributed by atoms with E-state index in [0.717, 1.165) is 10.6 Å². The van der Waals surface area contributed by atoms with Crippen LogP contribution < -0.4 is 0 Å². The van der Waals surface area contributed by atoms with E-state index in [-0.39, 0.29) is 5.75 Å². The summed E-state index contributed by atoms with van der Waals surface area (Å²) < 4.78 is 0. The van der Waals surface area contributed by atoms with Crippen molar-refractivity contribution >= 4 is 22.7 Å². The first-order valence-corrected chi connectivity index (χ1v) is 6.85. The van der Waals surface area contributed by atoms with E-state index in [9.17, 15) is 5.11 Å². The van der Waals surface area contributed by atoms with Crippen molar-refractivity contribution < 1.29 is 5.11 Å². The Balaban J connectivity index is 1.83. The predicted molar refractivity (Wildman–Crippen MR) is 80.7 cm³/mol. The number of benzene rings is 2. The van der Waals surface area contributed by atoms with Gasteiger partial charge in [0.1, 0.15) is 10.8 Å². The molecule has 0 amide bonds. The van der Waals surface area contributed by atoms with Crippen LogP contribution in [-0.4, -0.2) is 21.5 Å². The first-order chi connectivity index (χ1) is 9.83. The molecule has 0 saturated heterocycles. The number of aliphatic imine (C=N–C) groups is 1. The molecule has 1 aromatic heterocycles. The Hall–Kier alpha value is -2.53. The Morgan fingerprint density at radius 2 is 1.70 bits per heavy atom. The average molecular weight is 281 g/mol. The van der Waals surface area contributed by atoms with Gasteiger partial charge in [0.2, 0.25) is 5.13 Å². The van der Waals surface area contributed by atoms with Crippen LogP contribution in [-0.2, 0) is 0 Å². The molecule has 98 valence electrons. The van der Waals surface area contributed by atoms with Crippen LogP contribution in [0.15, 0.2) is 59.6 Å². The summed E-state index contributed by atoms with van der Waals surface area (Å²) in [6, 6.07) is 16.9. The van der Waals surface area contributed by atoms with Gasteiger partial charge in [-0.3, -0.25) is 0 Å². The summed E-state index contributed by atoms with van der Waals surface area (Å²) in [6.45, 7) is 0. The molecule has 1 heterocycles. The van der Waals surface area contributed by atoms with E-state index in [1.165, 1.54) is 11.3 Å². The number of aromatic nitrogens is 2. The van der Waals surface area contributed by atoms with Crippen molar-refractivity contribution in [2.75, 3.05) is 0 Å². The second-order valence-electron chi connectivity index (χ2n) is 4.07. The summed E-state index contributed by atoms with van der Waals surface area (Å²) in [5.74, 6) is 0.198. The van der Waals surface area contributed by atoms with Gasteiger partial charge < -0.3 is 5.11 Å². The Morgan fingerprint density at radius 3 is 2.50 bits per heavy atom. The molecule has 3 aromatic rings. The highest BCUT2D eigenvalue weighted by atomic mass is 32.1. The topological polar surface area (TPSA) is 58.4 Å². The molecule has 3 rings (SSSR count). The van der Waals surface area contributed by atoms with Gasteiger partial charge in [-0.15, -0.1) is 10.2 Å². The van der Waals surface area contributed by atoms with Crippen LogP contribution in [0.3, 0.4) is 0 Å². The maximum atomic E-state index is 9.65. The smallest absolute Gasteiger partial charge is 0.231 e. The highest BCUT2D eigenvalue weighted by Gasteiger charge is 2.04. The first kappa shape index (κ1) is 12.5. The highest BCUT2D eigenvalue weighted by Crippen LogP contribution is 2.27. The number of phenolic OH excluding ortho intramolecular Hbond substituents is 1. The molecule has 1 N–H and O–H groups in total. The maximum absolute atomic E-state index is 9.65. The zero-order valence-corrected chi connectivity index (χ0v) is 11.3. The van der Waals surface area contributed by atoms with Crippen LogP contribution in [0.25, 0.3) is 10.6 Å². The minimum absolute atomic E-state index is 0.198. The molecule has 0 aliphatic heterocycles. The lowest BCUT2D eigenvalue weighted by atomic mass is 10.2. The molecule has 0 spiro atoms. The summed E-state index contributed by atoms with van der Waals surface area (Å²) in [5.41, 5.74) is 1.68. The van der Waals surface area contributed by atoms with Crippen LogP contribution >= 0.6 is 11.3 Å². The fourth-order valence-corrected chi connectivity index (χ4v) is 2.38. The van der Waals surface area contributed by atoms with Crippen LogP contribution in [0.5, 0.6) is 5.75 Å². The van der Waals surface area contributed by atoms with Crippen LogP contribution in [0.1, 0.15) is 5.56 Å². The van der Waals surface area contributed by atoms with Crippen molar-refractivity contribution in [2.45, 2.75) is 0 Å². The lowest BCUT2D eigenvalue weighted by Crippen LogP contribution is -1.80. The van der Waals surface area contributed by atoms with Crippen LogP contribution in [0, 0.1) is 0 Å². The minimum atomic E-state index is 0.198. The molecule has 0 aliphatic rings. The summed E-state index contributed by atoms with van der Waals surface area (Å²) >= 11 is 1.41. The third-order valence-corrected chi connectivity index (χ3v) is 3.57. The van der Waals surface area contributed by atoms with E-state index in [1.807, 2.05) is 36.4 Å². The largest absolute Gasteiger partial charge is 0.507 e. The third-order valence-electron chi connectivity index (χ3n) is 2.69. The molecule has 0 atom stereocenters. The Bertz CT molecular complexity index is 738. The van der Waals surface area contributed by atoms with E-state index in [0.29, 0.717) is 10.7 Å². The standard InChI is InChI=1S/C15H11N3OS/c19-13-9-5-4-8-12(13)10-16-15-18-17-14(20-15)11-6-2-1-3-7-11/h1-10,19H/b16-10+. The summed E-state index contributed by atoms with van der Waals surface area (Å²) in [5, 5.41) is 19.2. The molecular formula is C15H11N3OS. The van der Waals surface area contributed by atoms with E-state index in [1.54, 1.807) is 24.4 Å². The summed E-state index contributed by atoms with van der Waals surface area (Å²) in [6.07, 6.45) is 1.59. The number of rotatable bonds is 3. The molecule has 0 fully saturated rings. The first-order valence-electron chi connectivity index (χ1n) is 6.04. The SMILES string of the molecule is Oc1ccccc1/C=N/c1nnc(-c2ccccc2)s1. The van der Waals surface area contributed by atoms with Crippen molar-refractivity contribution in [3.05, 3.63) is 60.2 Å². The molecule has 0 unspecified atom stereocenters. The molecule has 0 bridgehead atoms. The molecule has 0 saturated carbocycles. The predicted octanol–water partition coefficient (Wildman–Crippen LogP) is 3.66. The number of hydrogen-bond donors (Lipinski definition) is 1. The Morgan fingerprint density at radius 1 is 0.950 bits per heavy atom. The van der Waals surface area contributed by atoms with Crippen molar-refractivity contribution in [2.24, 2.45) is 4.99 Å². The molecule has 0 radical (unpaired) electrons. The van der Waals surface area contributed by atoms with E-state index < -0.39 is 0 Å². The molecule has 20 heavy (non-hydrogen) atoms. The highest BCUT2D eigenvalue weighted by molar-refractivity contribution is 7.18. The van der Waals surface area contributed by atoms with Gasteiger partial charge in [0.05, 0.1) is 0 Å². The number of phenols is 1. The van der Waals surface area contributed by atoms with Gasteiger partial charge in [-0.2, -0.15) is 0 Å². The quantitative estimate of drug-likeness (QED) is 0.745. The van der Waals surface area contributed by atoms with Gasteiger partial charge in [0.15, 0.2) is 0 Å². The van der Waals surface area contributed by atoms with Gasteiger partial charge in [-0.1, -0.05) is 53.8 Å². The summed E-state index contributed by atoms with van der Waals surface area (Å²) in [7, 11) is 0. The van der Waals surface area contributed by atoms with E-state index in [4.69, 9.17) is 0 Å². The van der Waals surface area contributed by atoms with Gasteiger partial charge in [-0.05, 0) is 12.1 Å². The molecule has 0 aliphatic carbocycles. The minimum Gasteiger partial charge on any atom is -0.507 e. The number of aromatic hydroxyl groups is 1. The number of nitrogens with zero attached hydrogens (tertiary/aromatic N) is 3. The van der Waals surface area contributed by atoms with Crippen molar-refractivity contribution in [3.63, 3.8) is 0 Å². The molecule has 5 heteroatoms. The molecule has 2 aromatic carbocycles. The zero-order valence-electron chi connectivity index (χ0n) is 10.5. The van der Waals surface area contributed by atoms with Gasteiger partial charge in [0, 0.05) is 17.3 Å². The van der Waals surface area contributed by atoms with Gasteiger partial charge in [0.25, 0.3) is 0 Å². The van der Waals surface area contributed by atoms with Crippen molar-refractivity contribution in [1.82, 2.24) is 10.2 Å². The molecular weight excluding hydrogens is 270 g/mol. The number of para-hydroxylation sites is 1. The monoisotopic (exact) mass is 281 g/mol. The Kier molecular flexibility index (Phi) is 3.52. The third kappa shape index (κ3) is 2.73.